The zero-order chi connectivity index (χ0) is 13.8. The molecule has 0 saturated heterocycles. The Bertz CT molecular complexity index is 631. The lowest BCUT2D eigenvalue weighted by atomic mass is 10.1. The van der Waals surface area contributed by atoms with Gasteiger partial charge in [0, 0.05) is 5.56 Å². The molecule has 0 amide bonds. The first kappa shape index (κ1) is 12.7. The van der Waals surface area contributed by atoms with Crippen LogP contribution in [0.2, 0.25) is 0 Å². The lowest BCUT2D eigenvalue weighted by molar-refractivity contribution is -0.136. The first-order chi connectivity index (χ1) is 9.13. The fourth-order valence-corrected chi connectivity index (χ4v) is 1.77. The fourth-order valence-electron chi connectivity index (χ4n) is 1.77. The van der Waals surface area contributed by atoms with Crippen molar-refractivity contribution in [2.45, 2.75) is 6.42 Å². The Morgan fingerprint density at radius 1 is 1.11 bits per heavy atom. The molecule has 0 saturated carbocycles. The van der Waals surface area contributed by atoms with Crippen LogP contribution in [0.5, 0.6) is 0 Å². The van der Waals surface area contributed by atoms with Crippen molar-refractivity contribution in [3.05, 3.63) is 64.3 Å². The van der Waals surface area contributed by atoms with Crippen LogP contribution in [-0.4, -0.2) is 21.5 Å². The zero-order valence-electron chi connectivity index (χ0n) is 9.81. The van der Waals surface area contributed by atoms with Gasteiger partial charge in [0.1, 0.15) is 5.69 Å². The van der Waals surface area contributed by atoms with Crippen LogP contribution in [0.3, 0.4) is 0 Å². The van der Waals surface area contributed by atoms with E-state index in [0.717, 1.165) is 4.68 Å². The fraction of sp³-hybridized carbons (Fsp3) is 0.0769. The number of hydrogen-bond donors (Lipinski definition) is 1. The van der Waals surface area contributed by atoms with Crippen molar-refractivity contribution in [1.29, 1.82) is 0 Å². The van der Waals surface area contributed by atoms with Gasteiger partial charge in [-0.3, -0.25) is 9.59 Å². The molecule has 6 heteroatoms. The normalized spacial score (nSPS) is 10.1. The molecule has 19 heavy (non-hydrogen) atoms. The molecule has 1 aromatic heterocycles. The molecule has 2 rings (SSSR count). The average Bonchev–Trinajstić information content (AvgIpc) is 2.80. The van der Waals surface area contributed by atoms with Gasteiger partial charge in [-0.05, 0) is 12.1 Å². The molecule has 96 valence electrons. The zero-order valence-corrected chi connectivity index (χ0v) is 9.81. The maximum absolute atomic E-state index is 12.2. The summed E-state index contributed by atoms with van der Waals surface area (Å²) in [5.41, 5.74) is 0.631. The lowest BCUT2D eigenvalue weighted by Crippen LogP contribution is -2.10. The third-order valence-electron chi connectivity index (χ3n) is 2.62. The van der Waals surface area contributed by atoms with Gasteiger partial charge < -0.3 is 5.11 Å². The van der Waals surface area contributed by atoms with Gasteiger partial charge in [0.25, 0.3) is 0 Å². The van der Waals surface area contributed by atoms with Crippen molar-refractivity contribution in [1.82, 2.24) is 4.68 Å². The number of carboxylic acids is 1. The lowest BCUT2D eigenvalue weighted by Gasteiger charge is -2.02. The number of benzene rings is 1. The van der Waals surface area contributed by atoms with Gasteiger partial charge in [-0.2, -0.15) is 4.68 Å². The highest BCUT2D eigenvalue weighted by molar-refractivity contribution is 6.08. The van der Waals surface area contributed by atoms with Crippen LogP contribution < -0.4 is 0 Å². The van der Waals surface area contributed by atoms with Crippen molar-refractivity contribution in [2.75, 3.05) is 0 Å². The molecule has 0 aliphatic rings. The van der Waals surface area contributed by atoms with Gasteiger partial charge in [-0.1, -0.05) is 30.3 Å². The Morgan fingerprint density at radius 2 is 1.79 bits per heavy atom. The van der Waals surface area contributed by atoms with E-state index in [-0.39, 0.29) is 23.6 Å². The summed E-state index contributed by atoms with van der Waals surface area (Å²) in [6, 6.07) is 11.2. The highest BCUT2D eigenvalue weighted by atomic mass is 16.4. The molecule has 0 unspecified atom stereocenters. The number of carbonyl (C=O) groups excluding carboxylic acids is 1. The van der Waals surface area contributed by atoms with Gasteiger partial charge in [0.05, 0.1) is 17.4 Å². The summed E-state index contributed by atoms with van der Waals surface area (Å²) in [7, 11) is 0. The maximum Gasteiger partial charge on any atom is 0.309 e. The molecule has 6 nitrogen and oxygen atoms in total. The van der Waals surface area contributed by atoms with Crippen molar-refractivity contribution >= 4 is 11.8 Å². The van der Waals surface area contributed by atoms with Crippen LogP contribution in [-0.2, 0) is 11.2 Å². The quantitative estimate of drug-likeness (QED) is 0.655. The second-order valence-corrected chi connectivity index (χ2v) is 3.87. The molecule has 0 spiro atoms. The summed E-state index contributed by atoms with van der Waals surface area (Å²) in [6.45, 7) is 0. The van der Waals surface area contributed by atoms with Crippen LogP contribution in [0, 0.1) is 4.91 Å². The summed E-state index contributed by atoms with van der Waals surface area (Å²) in [5.74, 6) is -1.47. The minimum Gasteiger partial charge on any atom is -0.481 e. The number of nitrogens with zero attached hydrogens (tertiary/aromatic N) is 2. The predicted molar refractivity (Wildman–Crippen MR) is 66.8 cm³/mol. The monoisotopic (exact) mass is 258 g/mol. The van der Waals surface area contributed by atoms with E-state index in [1.54, 1.807) is 30.3 Å². The third kappa shape index (κ3) is 2.57. The van der Waals surface area contributed by atoms with Gasteiger partial charge in [-0.25, -0.2) is 0 Å². The highest BCUT2D eigenvalue weighted by Crippen LogP contribution is 2.15. The molecule has 0 atom stereocenters. The van der Waals surface area contributed by atoms with E-state index in [2.05, 4.69) is 5.29 Å². The van der Waals surface area contributed by atoms with E-state index in [0.29, 0.717) is 5.56 Å². The number of aliphatic carboxylic acids is 1. The van der Waals surface area contributed by atoms with Crippen LogP contribution in [0.1, 0.15) is 21.7 Å². The van der Waals surface area contributed by atoms with E-state index in [1.807, 2.05) is 0 Å². The second kappa shape index (κ2) is 5.26. The number of carbonyl (C=O) groups is 2. The Labute approximate surface area is 108 Å². The molecule has 0 fully saturated rings. The highest BCUT2D eigenvalue weighted by Gasteiger charge is 2.18. The number of ketones is 1. The van der Waals surface area contributed by atoms with Crippen molar-refractivity contribution in [3.8, 4) is 0 Å². The van der Waals surface area contributed by atoms with E-state index >= 15 is 0 Å². The average molecular weight is 258 g/mol. The molecular weight excluding hydrogens is 248 g/mol. The number of hydrogen-bond acceptors (Lipinski definition) is 4. The molecule has 1 aromatic carbocycles. The summed E-state index contributed by atoms with van der Waals surface area (Å²) in [4.78, 5) is 33.6. The molecule has 0 bridgehead atoms. The van der Waals surface area contributed by atoms with Gasteiger partial charge in [0.2, 0.25) is 5.78 Å². The van der Waals surface area contributed by atoms with Crippen LogP contribution >= 0.6 is 0 Å². The van der Waals surface area contributed by atoms with E-state index in [4.69, 9.17) is 5.11 Å². The topological polar surface area (TPSA) is 88.7 Å². The molecule has 0 radical (unpaired) electrons. The number of nitroso groups, excluding NO2 is 1. The Morgan fingerprint density at radius 3 is 2.37 bits per heavy atom. The number of carboxylic acid groups (broad SMARTS) is 1. The summed E-state index contributed by atoms with van der Waals surface area (Å²) >= 11 is 0. The first-order valence-corrected chi connectivity index (χ1v) is 5.49. The van der Waals surface area contributed by atoms with Crippen LogP contribution in [0.25, 0.3) is 0 Å². The summed E-state index contributed by atoms with van der Waals surface area (Å²) in [6.07, 6.45) is -0.367. The minimum absolute atomic E-state index is 0.0532. The largest absolute Gasteiger partial charge is 0.481 e. The maximum atomic E-state index is 12.2. The molecule has 0 aliphatic carbocycles. The van der Waals surface area contributed by atoms with Crippen LogP contribution in [0.4, 0.5) is 0 Å². The summed E-state index contributed by atoms with van der Waals surface area (Å²) in [5, 5.41) is 11.4. The summed E-state index contributed by atoms with van der Waals surface area (Å²) < 4.78 is 0.823. The SMILES string of the molecule is O=Nn1c(CC(=O)O)ccc1C(=O)c1ccccc1. The van der Waals surface area contributed by atoms with Crippen LogP contribution in [0.15, 0.2) is 47.8 Å². The Hall–Kier alpha value is -2.76. The van der Waals surface area contributed by atoms with Gasteiger partial charge in [0.15, 0.2) is 0 Å². The van der Waals surface area contributed by atoms with Gasteiger partial charge >= 0.3 is 5.97 Å². The van der Waals surface area contributed by atoms with Crippen molar-refractivity contribution in [3.63, 3.8) is 0 Å². The van der Waals surface area contributed by atoms with E-state index in [9.17, 15) is 14.5 Å². The third-order valence-corrected chi connectivity index (χ3v) is 2.62. The number of rotatable bonds is 5. The Balaban J connectivity index is 2.41. The molecule has 1 N–H and O–H groups in total. The first-order valence-electron chi connectivity index (χ1n) is 5.49. The second-order valence-electron chi connectivity index (χ2n) is 3.87. The molecular formula is C13H10N2O4. The molecule has 0 aliphatic heterocycles. The van der Waals surface area contributed by atoms with E-state index < -0.39 is 5.97 Å². The number of aromatic nitrogens is 1. The standard InChI is InChI=1S/C13H10N2O4/c16-12(17)8-10-6-7-11(15(10)14-19)13(18)9-4-2-1-3-5-9/h1-7H,8H2,(H,16,17). The molecule has 1 heterocycles. The van der Waals surface area contributed by atoms with Crippen molar-refractivity contribution in [2.24, 2.45) is 5.29 Å². The smallest absolute Gasteiger partial charge is 0.309 e. The van der Waals surface area contributed by atoms with E-state index in [1.165, 1.54) is 12.1 Å². The van der Waals surface area contributed by atoms with Crippen molar-refractivity contribution < 1.29 is 14.7 Å². The molecule has 2 aromatic rings. The Kier molecular flexibility index (Phi) is 3.51. The van der Waals surface area contributed by atoms with Gasteiger partial charge in [-0.15, -0.1) is 4.91 Å². The predicted octanol–water partition coefficient (Wildman–Crippen LogP) is 1.88. The minimum atomic E-state index is -1.10.